The number of fused-ring (bicyclic) bond motifs is 1. The molecule has 0 spiro atoms. The molecule has 2 amide bonds. The molecule has 0 saturated heterocycles. The third-order valence-electron chi connectivity index (χ3n) is 6.82. The van der Waals surface area contributed by atoms with Crippen LogP contribution in [0.2, 0.25) is 0 Å². The summed E-state index contributed by atoms with van der Waals surface area (Å²) < 4.78 is 6.14. The maximum atomic E-state index is 13.2. The minimum absolute atomic E-state index is 0.151. The quantitative estimate of drug-likeness (QED) is 0.267. The van der Waals surface area contributed by atoms with E-state index in [1.807, 2.05) is 60.4 Å². The number of carbonyl (C=O) groups is 2. The van der Waals surface area contributed by atoms with Crippen LogP contribution in [0.25, 0.3) is 0 Å². The molecule has 39 heavy (non-hydrogen) atoms. The van der Waals surface area contributed by atoms with Crippen LogP contribution in [-0.2, 0) is 17.8 Å². The van der Waals surface area contributed by atoms with Gasteiger partial charge in [-0.1, -0.05) is 67.9 Å². The first-order valence-corrected chi connectivity index (χ1v) is 14.2. The second-order valence-corrected chi connectivity index (χ2v) is 11.3. The third-order valence-corrected chi connectivity index (χ3v) is 7.64. The minimum atomic E-state index is -0.244. The Bertz CT molecular complexity index is 1450. The SMILES string of the molecule is Cc1ccc(NC(=O)c2csc(COc3ccc4c(c3)C(c3ccccc3)N(C(=O)CC(C)C)CC4)n2)cc1. The largest absolute Gasteiger partial charge is 0.486 e. The van der Waals surface area contributed by atoms with E-state index < -0.39 is 0 Å². The molecule has 6 nitrogen and oxygen atoms in total. The van der Waals surface area contributed by atoms with Crippen molar-refractivity contribution in [1.82, 2.24) is 9.88 Å². The first-order chi connectivity index (χ1) is 18.9. The third kappa shape index (κ3) is 6.37. The molecule has 5 rings (SSSR count). The zero-order chi connectivity index (χ0) is 27.4. The lowest BCUT2D eigenvalue weighted by atomic mass is 9.87. The summed E-state index contributed by atoms with van der Waals surface area (Å²) in [5.41, 5.74) is 5.66. The highest BCUT2D eigenvalue weighted by atomic mass is 32.1. The first-order valence-electron chi connectivity index (χ1n) is 13.3. The molecule has 1 aliphatic heterocycles. The van der Waals surface area contributed by atoms with Crippen molar-refractivity contribution in [2.75, 3.05) is 11.9 Å². The number of nitrogens with zero attached hydrogens (tertiary/aromatic N) is 2. The molecule has 0 bridgehead atoms. The normalized spacial score (nSPS) is 14.7. The summed E-state index contributed by atoms with van der Waals surface area (Å²) in [7, 11) is 0. The number of thiazole rings is 1. The van der Waals surface area contributed by atoms with E-state index in [9.17, 15) is 9.59 Å². The number of hydrogen-bond donors (Lipinski definition) is 1. The Kier molecular flexibility index (Phi) is 8.07. The molecule has 0 fully saturated rings. The monoisotopic (exact) mass is 539 g/mol. The van der Waals surface area contributed by atoms with E-state index in [0.717, 1.165) is 33.8 Å². The van der Waals surface area contributed by atoms with Crippen LogP contribution >= 0.6 is 11.3 Å². The van der Waals surface area contributed by atoms with Crippen molar-refractivity contribution >= 4 is 28.8 Å². The van der Waals surface area contributed by atoms with Crippen LogP contribution in [0, 0.1) is 12.8 Å². The number of aryl methyl sites for hydroxylation is 1. The van der Waals surface area contributed by atoms with Crippen molar-refractivity contribution in [3.8, 4) is 5.75 Å². The molecule has 0 radical (unpaired) electrons. The van der Waals surface area contributed by atoms with Gasteiger partial charge >= 0.3 is 0 Å². The van der Waals surface area contributed by atoms with E-state index in [1.54, 1.807) is 5.38 Å². The molecule has 1 N–H and O–H groups in total. The highest BCUT2D eigenvalue weighted by Gasteiger charge is 2.32. The Labute approximate surface area is 233 Å². The molecule has 0 aliphatic carbocycles. The molecule has 0 saturated carbocycles. The van der Waals surface area contributed by atoms with Gasteiger partial charge in [-0.15, -0.1) is 11.3 Å². The van der Waals surface area contributed by atoms with Gasteiger partial charge in [-0.25, -0.2) is 4.98 Å². The van der Waals surface area contributed by atoms with Crippen LogP contribution in [0.3, 0.4) is 0 Å². The molecule has 2 heterocycles. The van der Waals surface area contributed by atoms with Crippen molar-refractivity contribution in [3.05, 3.63) is 111 Å². The summed E-state index contributed by atoms with van der Waals surface area (Å²) >= 11 is 1.40. The van der Waals surface area contributed by atoms with Gasteiger partial charge in [0.2, 0.25) is 5.91 Å². The van der Waals surface area contributed by atoms with Gasteiger partial charge in [0.15, 0.2) is 0 Å². The Morgan fingerprint density at radius 1 is 1.08 bits per heavy atom. The van der Waals surface area contributed by atoms with Crippen molar-refractivity contribution in [2.24, 2.45) is 5.92 Å². The van der Waals surface area contributed by atoms with E-state index in [4.69, 9.17) is 4.74 Å². The van der Waals surface area contributed by atoms with Gasteiger partial charge in [-0.3, -0.25) is 9.59 Å². The summed E-state index contributed by atoms with van der Waals surface area (Å²) in [6.45, 7) is 7.12. The number of nitrogens with one attached hydrogen (secondary N) is 1. The fourth-order valence-electron chi connectivity index (χ4n) is 4.87. The standard InChI is InChI=1S/C32H33N3O3S/c1-21(2)17-30(36)35-16-15-23-11-14-26(18-27(23)31(35)24-7-5-4-6-8-24)38-19-29-34-28(20-39-29)32(37)33-25-12-9-22(3)10-13-25/h4-14,18,20-21,31H,15-17,19H2,1-3H3,(H,33,37). The van der Waals surface area contributed by atoms with Crippen molar-refractivity contribution in [2.45, 2.75) is 46.3 Å². The molecule has 200 valence electrons. The number of anilines is 1. The van der Waals surface area contributed by atoms with Crippen molar-refractivity contribution in [3.63, 3.8) is 0 Å². The lowest BCUT2D eigenvalue weighted by Crippen LogP contribution is -2.41. The van der Waals surface area contributed by atoms with E-state index in [0.29, 0.717) is 30.3 Å². The molecule has 1 aliphatic rings. The maximum absolute atomic E-state index is 13.2. The average Bonchev–Trinajstić information content (AvgIpc) is 3.42. The molecule has 3 aromatic carbocycles. The van der Waals surface area contributed by atoms with Gasteiger partial charge in [0.1, 0.15) is 23.1 Å². The Morgan fingerprint density at radius 2 is 1.85 bits per heavy atom. The summed E-state index contributed by atoms with van der Waals surface area (Å²) in [6, 6.07) is 23.8. The zero-order valence-corrected chi connectivity index (χ0v) is 23.3. The number of rotatable bonds is 8. The van der Waals surface area contributed by atoms with Crippen LogP contribution in [0.5, 0.6) is 5.75 Å². The smallest absolute Gasteiger partial charge is 0.275 e. The lowest BCUT2D eigenvalue weighted by molar-refractivity contribution is -0.134. The number of hydrogen-bond acceptors (Lipinski definition) is 5. The summed E-state index contributed by atoms with van der Waals surface area (Å²) in [6.07, 6.45) is 1.34. The minimum Gasteiger partial charge on any atom is -0.486 e. The van der Waals surface area contributed by atoms with Crippen LogP contribution in [0.4, 0.5) is 5.69 Å². The fourth-order valence-corrected chi connectivity index (χ4v) is 5.56. The molecule has 7 heteroatoms. The molecule has 1 aromatic heterocycles. The second kappa shape index (κ2) is 11.8. The van der Waals surface area contributed by atoms with Crippen LogP contribution < -0.4 is 10.1 Å². The Morgan fingerprint density at radius 3 is 2.59 bits per heavy atom. The second-order valence-electron chi connectivity index (χ2n) is 10.3. The van der Waals surface area contributed by atoms with Crippen LogP contribution in [-0.4, -0.2) is 28.2 Å². The lowest BCUT2D eigenvalue weighted by Gasteiger charge is -2.38. The maximum Gasteiger partial charge on any atom is 0.275 e. The van der Waals surface area contributed by atoms with Crippen molar-refractivity contribution in [1.29, 1.82) is 0 Å². The number of ether oxygens (including phenoxy) is 1. The predicted molar refractivity (Wildman–Crippen MR) is 155 cm³/mol. The van der Waals surface area contributed by atoms with E-state index >= 15 is 0 Å². The number of carbonyl (C=O) groups excluding carboxylic acids is 2. The van der Waals surface area contributed by atoms with Gasteiger partial charge < -0.3 is 15.0 Å². The van der Waals surface area contributed by atoms with E-state index in [1.165, 1.54) is 16.9 Å². The molecular weight excluding hydrogens is 506 g/mol. The van der Waals surface area contributed by atoms with Crippen molar-refractivity contribution < 1.29 is 14.3 Å². The van der Waals surface area contributed by atoms with E-state index in [2.05, 4.69) is 48.4 Å². The highest BCUT2D eigenvalue weighted by molar-refractivity contribution is 7.09. The summed E-state index contributed by atoms with van der Waals surface area (Å²) in [5.74, 6) is 0.947. The number of benzene rings is 3. The number of amides is 2. The molecular formula is C32H33N3O3S. The van der Waals surface area contributed by atoms with Gasteiger partial charge in [0.25, 0.3) is 5.91 Å². The van der Waals surface area contributed by atoms with Gasteiger partial charge in [-0.05, 0) is 60.2 Å². The Balaban J connectivity index is 1.32. The highest BCUT2D eigenvalue weighted by Crippen LogP contribution is 2.38. The molecule has 4 aromatic rings. The fraction of sp³-hybridized carbons (Fsp3) is 0.281. The molecule has 1 atom stereocenters. The van der Waals surface area contributed by atoms with Crippen LogP contribution in [0.15, 0.2) is 78.2 Å². The van der Waals surface area contributed by atoms with E-state index in [-0.39, 0.29) is 24.5 Å². The Hall–Kier alpha value is -3.97. The molecule has 1 unspecified atom stereocenters. The first kappa shape index (κ1) is 26.6. The predicted octanol–water partition coefficient (Wildman–Crippen LogP) is 6.80. The average molecular weight is 540 g/mol. The number of aromatic nitrogens is 1. The zero-order valence-electron chi connectivity index (χ0n) is 22.5. The van der Waals surface area contributed by atoms with Gasteiger partial charge in [0, 0.05) is 24.0 Å². The van der Waals surface area contributed by atoms with Gasteiger partial charge in [0.05, 0.1) is 6.04 Å². The van der Waals surface area contributed by atoms with Crippen LogP contribution in [0.1, 0.15) is 64.1 Å². The topological polar surface area (TPSA) is 71.5 Å². The summed E-state index contributed by atoms with van der Waals surface area (Å²) in [4.78, 5) is 32.4. The summed E-state index contributed by atoms with van der Waals surface area (Å²) in [5, 5.41) is 5.35. The van der Waals surface area contributed by atoms with Gasteiger partial charge in [-0.2, -0.15) is 0 Å².